The lowest BCUT2D eigenvalue weighted by Crippen LogP contribution is -2.45. The van der Waals surface area contributed by atoms with Gasteiger partial charge in [-0.05, 0) is 20.3 Å². The van der Waals surface area contributed by atoms with Gasteiger partial charge in [0.1, 0.15) is 0 Å². The van der Waals surface area contributed by atoms with E-state index >= 15 is 0 Å². The first-order valence-electron chi connectivity index (χ1n) is 6.07. The second-order valence-corrected chi connectivity index (χ2v) is 6.04. The number of aliphatic carboxylic acids is 1. The normalized spacial score (nSPS) is 11.2. The summed E-state index contributed by atoms with van der Waals surface area (Å²) in [5.74, 6) is -0.885. The molecule has 112 valence electrons. The number of hydrogen-bond donors (Lipinski definition) is 3. The Morgan fingerprint density at radius 3 is 2.80 bits per heavy atom. The van der Waals surface area contributed by atoms with Crippen LogP contribution in [0.3, 0.4) is 0 Å². The topological polar surface area (TPSA) is 101 Å². The summed E-state index contributed by atoms with van der Waals surface area (Å²) >= 11 is 1.33. The van der Waals surface area contributed by atoms with Crippen LogP contribution >= 0.6 is 11.3 Å². The number of rotatable bonds is 7. The Morgan fingerprint density at radius 2 is 2.20 bits per heavy atom. The summed E-state index contributed by atoms with van der Waals surface area (Å²) in [5.41, 5.74) is -0.602. The number of ether oxygens (including phenoxy) is 1. The fourth-order valence-electron chi connectivity index (χ4n) is 1.49. The van der Waals surface area contributed by atoms with E-state index in [1.54, 1.807) is 27.2 Å². The summed E-state index contributed by atoms with van der Waals surface area (Å²) in [6, 6.07) is -0.404. The number of thiazole rings is 1. The number of carbonyl (C=O) groups excluding carboxylic acids is 1. The number of carboxylic acid groups (broad SMARTS) is 1. The predicted molar refractivity (Wildman–Crippen MR) is 75.9 cm³/mol. The molecule has 8 heteroatoms. The summed E-state index contributed by atoms with van der Waals surface area (Å²) in [5, 5.41) is 14.5. The number of urea groups is 1. The van der Waals surface area contributed by atoms with Crippen LogP contribution < -0.4 is 10.6 Å². The van der Waals surface area contributed by atoms with Crippen LogP contribution in [0.4, 0.5) is 9.93 Å². The lowest BCUT2D eigenvalue weighted by atomic mass is 9.99. The van der Waals surface area contributed by atoms with Crippen molar-refractivity contribution < 1.29 is 19.4 Å². The van der Waals surface area contributed by atoms with E-state index in [0.29, 0.717) is 18.2 Å². The standard InChI is InChI=1S/C12H19N3O4S/c1-12(2,5-4-9(16)17)15-10(18)14-11-13-6-8(20-11)7-19-3/h6H,4-5,7H2,1-3H3,(H,16,17)(H2,13,14,15,18). The number of amides is 2. The molecule has 0 spiro atoms. The van der Waals surface area contributed by atoms with Crippen molar-refractivity contribution in [2.75, 3.05) is 12.4 Å². The van der Waals surface area contributed by atoms with Crippen LogP contribution in [0, 0.1) is 0 Å². The Bertz CT molecular complexity index is 473. The maximum atomic E-state index is 11.8. The zero-order chi connectivity index (χ0) is 15.2. The number of nitrogens with zero attached hydrogens (tertiary/aromatic N) is 1. The molecule has 0 radical (unpaired) electrons. The molecule has 3 N–H and O–H groups in total. The Hall–Kier alpha value is -1.67. The third-order valence-corrected chi connectivity index (χ3v) is 3.36. The molecule has 0 fully saturated rings. The zero-order valence-electron chi connectivity index (χ0n) is 11.7. The van der Waals surface area contributed by atoms with Crippen molar-refractivity contribution >= 4 is 28.5 Å². The van der Waals surface area contributed by atoms with Crippen LogP contribution in [-0.4, -0.2) is 34.7 Å². The minimum atomic E-state index is -0.885. The van der Waals surface area contributed by atoms with Crippen molar-refractivity contribution in [1.82, 2.24) is 10.3 Å². The summed E-state index contributed by atoms with van der Waals surface area (Å²) < 4.78 is 4.97. The van der Waals surface area contributed by atoms with Gasteiger partial charge in [-0.1, -0.05) is 11.3 Å². The first-order valence-corrected chi connectivity index (χ1v) is 6.88. The third-order valence-electron chi connectivity index (χ3n) is 2.48. The number of nitrogens with one attached hydrogen (secondary N) is 2. The van der Waals surface area contributed by atoms with Gasteiger partial charge in [0.05, 0.1) is 11.5 Å². The molecule has 0 unspecified atom stereocenters. The van der Waals surface area contributed by atoms with E-state index in [9.17, 15) is 9.59 Å². The molecule has 1 heterocycles. The van der Waals surface area contributed by atoms with Gasteiger partial charge in [0.25, 0.3) is 0 Å². The molecule has 2 amide bonds. The van der Waals surface area contributed by atoms with Crippen molar-refractivity contribution in [1.29, 1.82) is 0 Å². The highest BCUT2D eigenvalue weighted by molar-refractivity contribution is 7.15. The maximum absolute atomic E-state index is 11.8. The SMILES string of the molecule is COCc1cnc(NC(=O)NC(C)(C)CCC(=O)O)s1. The van der Waals surface area contributed by atoms with Crippen LogP contribution in [0.2, 0.25) is 0 Å². The lowest BCUT2D eigenvalue weighted by Gasteiger charge is -2.25. The van der Waals surface area contributed by atoms with Gasteiger partial charge in [-0.3, -0.25) is 10.1 Å². The quantitative estimate of drug-likeness (QED) is 0.715. The highest BCUT2D eigenvalue weighted by atomic mass is 32.1. The van der Waals surface area contributed by atoms with Gasteiger partial charge in [-0.25, -0.2) is 9.78 Å². The van der Waals surface area contributed by atoms with Gasteiger partial charge in [0, 0.05) is 25.3 Å². The van der Waals surface area contributed by atoms with Gasteiger partial charge in [-0.2, -0.15) is 0 Å². The Kier molecular flexibility index (Phi) is 5.90. The molecule has 0 bridgehead atoms. The average Bonchev–Trinajstić information content (AvgIpc) is 2.74. The fraction of sp³-hybridized carbons (Fsp3) is 0.583. The van der Waals surface area contributed by atoms with Crippen LogP contribution in [-0.2, 0) is 16.1 Å². The summed E-state index contributed by atoms with van der Waals surface area (Å²) in [6.45, 7) is 3.99. The molecule has 0 saturated carbocycles. The van der Waals surface area contributed by atoms with E-state index in [2.05, 4.69) is 15.6 Å². The van der Waals surface area contributed by atoms with E-state index in [1.807, 2.05) is 0 Å². The average molecular weight is 301 g/mol. The van der Waals surface area contributed by atoms with Gasteiger partial charge in [0.15, 0.2) is 5.13 Å². The smallest absolute Gasteiger partial charge is 0.321 e. The van der Waals surface area contributed by atoms with Gasteiger partial charge in [-0.15, -0.1) is 0 Å². The molecule has 0 saturated heterocycles. The Labute approximate surface area is 121 Å². The van der Waals surface area contributed by atoms with E-state index < -0.39 is 17.5 Å². The molecule has 0 aliphatic carbocycles. The molecule has 1 rings (SSSR count). The summed E-state index contributed by atoms with van der Waals surface area (Å²) in [6.07, 6.45) is 1.99. The lowest BCUT2D eigenvalue weighted by molar-refractivity contribution is -0.137. The Morgan fingerprint density at radius 1 is 1.50 bits per heavy atom. The van der Waals surface area contributed by atoms with Crippen LogP contribution in [0.5, 0.6) is 0 Å². The van der Waals surface area contributed by atoms with Crippen LogP contribution in [0.15, 0.2) is 6.20 Å². The second-order valence-electron chi connectivity index (χ2n) is 4.92. The second kappa shape index (κ2) is 7.20. The third kappa shape index (κ3) is 5.98. The number of carbonyl (C=O) groups is 2. The molecule has 7 nitrogen and oxygen atoms in total. The minimum Gasteiger partial charge on any atom is -0.481 e. The van der Waals surface area contributed by atoms with E-state index in [-0.39, 0.29) is 6.42 Å². The first-order chi connectivity index (χ1) is 9.32. The number of methoxy groups -OCH3 is 1. The molecular formula is C12H19N3O4S. The van der Waals surface area contributed by atoms with Crippen molar-refractivity contribution in [3.63, 3.8) is 0 Å². The minimum absolute atomic E-state index is 0.00250. The summed E-state index contributed by atoms with van der Waals surface area (Å²) in [4.78, 5) is 27.3. The van der Waals surface area contributed by atoms with Crippen LogP contribution in [0.25, 0.3) is 0 Å². The van der Waals surface area contributed by atoms with Crippen molar-refractivity contribution in [2.45, 2.75) is 38.8 Å². The van der Waals surface area contributed by atoms with Crippen molar-refractivity contribution in [3.05, 3.63) is 11.1 Å². The first kappa shape index (κ1) is 16.4. The van der Waals surface area contributed by atoms with E-state index in [1.165, 1.54) is 11.3 Å². The number of hydrogen-bond acceptors (Lipinski definition) is 5. The number of aromatic nitrogens is 1. The highest BCUT2D eigenvalue weighted by Crippen LogP contribution is 2.19. The van der Waals surface area contributed by atoms with Gasteiger partial charge < -0.3 is 15.2 Å². The molecule has 0 aliphatic heterocycles. The van der Waals surface area contributed by atoms with Crippen molar-refractivity contribution in [3.8, 4) is 0 Å². The number of anilines is 1. The van der Waals surface area contributed by atoms with Gasteiger partial charge >= 0.3 is 12.0 Å². The predicted octanol–water partition coefficient (Wildman–Crippen LogP) is 2.05. The van der Waals surface area contributed by atoms with Crippen LogP contribution in [0.1, 0.15) is 31.6 Å². The monoisotopic (exact) mass is 301 g/mol. The largest absolute Gasteiger partial charge is 0.481 e. The number of carboxylic acids is 1. The van der Waals surface area contributed by atoms with Gasteiger partial charge in [0.2, 0.25) is 0 Å². The molecule has 0 atom stereocenters. The molecule has 0 aromatic carbocycles. The molecule has 1 aromatic heterocycles. The molecular weight excluding hydrogens is 282 g/mol. The fourth-order valence-corrected chi connectivity index (χ4v) is 2.27. The molecule has 1 aromatic rings. The van der Waals surface area contributed by atoms with E-state index in [4.69, 9.17) is 9.84 Å². The summed E-state index contributed by atoms with van der Waals surface area (Å²) in [7, 11) is 1.59. The molecule has 20 heavy (non-hydrogen) atoms. The maximum Gasteiger partial charge on any atom is 0.321 e. The molecule has 0 aliphatic rings. The Balaban J connectivity index is 2.47. The van der Waals surface area contributed by atoms with Crippen molar-refractivity contribution in [2.24, 2.45) is 0 Å². The van der Waals surface area contributed by atoms with E-state index in [0.717, 1.165) is 4.88 Å². The highest BCUT2D eigenvalue weighted by Gasteiger charge is 2.21. The zero-order valence-corrected chi connectivity index (χ0v) is 12.5.